The molecule has 0 bridgehead atoms. The van der Waals surface area contributed by atoms with Crippen molar-refractivity contribution in [2.45, 2.75) is 6.92 Å². The van der Waals surface area contributed by atoms with Gasteiger partial charge in [0.25, 0.3) is 5.91 Å². The second kappa shape index (κ2) is 7.25. The van der Waals surface area contributed by atoms with Gasteiger partial charge in [-0.1, -0.05) is 17.4 Å². The number of fused-ring (bicyclic) bond motifs is 1. The minimum Gasteiger partial charge on any atom is -0.494 e. The van der Waals surface area contributed by atoms with Crippen molar-refractivity contribution >= 4 is 32.6 Å². The van der Waals surface area contributed by atoms with Crippen LogP contribution in [0.4, 0.5) is 5.13 Å². The van der Waals surface area contributed by atoms with Gasteiger partial charge in [-0.15, -0.1) is 0 Å². The summed E-state index contributed by atoms with van der Waals surface area (Å²) in [6.07, 6.45) is 1.51. The standard InChI is InChI=1S/C18H21N3O3S/c1-12-7-8-13(23-4)15-16(12)25-18(19-15)21(10-9-20(2)3)17(22)14-6-5-11-24-14/h5-8,11H,9-10H2,1-4H3/p+1. The van der Waals surface area contributed by atoms with E-state index in [1.165, 1.54) is 22.5 Å². The molecule has 0 spiro atoms. The van der Waals surface area contributed by atoms with Gasteiger partial charge in [-0.25, -0.2) is 4.98 Å². The van der Waals surface area contributed by atoms with Crippen molar-refractivity contribution in [3.8, 4) is 5.75 Å². The number of furan rings is 1. The zero-order chi connectivity index (χ0) is 18.0. The van der Waals surface area contributed by atoms with Crippen LogP contribution >= 0.6 is 11.3 Å². The monoisotopic (exact) mass is 360 g/mol. The molecular formula is C18H22N3O3S+. The van der Waals surface area contributed by atoms with E-state index in [0.29, 0.717) is 23.2 Å². The molecule has 0 unspecified atom stereocenters. The fourth-order valence-electron chi connectivity index (χ4n) is 2.53. The van der Waals surface area contributed by atoms with Crippen molar-refractivity contribution in [1.29, 1.82) is 0 Å². The Bertz CT molecular complexity index is 871. The third-order valence-corrected chi connectivity index (χ3v) is 5.17. The molecule has 25 heavy (non-hydrogen) atoms. The summed E-state index contributed by atoms with van der Waals surface area (Å²) >= 11 is 1.50. The number of likely N-dealkylation sites (N-methyl/N-ethyl adjacent to an activating group) is 1. The van der Waals surface area contributed by atoms with E-state index >= 15 is 0 Å². The lowest BCUT2D eigenvalue weighted by molar-refractivity contribution is -0.856. The Morgan fingerprint density at radius 1 is 1.36 bits per heavy atom. The molecule has 0 fully saturated rings. The molecule has 0 saturated carbocycles. The Labute approximate surface area is 150 Å². The minimum absolute atomic E-state index is 0.179. The number of aromatic nitrogens is 1. The van der Waals surface area contributed by atoms with Crippen LogP contribution < -0.4 is 14.5 Å². The molecule has 0 atom stereocenters. The molecule has 1 aromatic carbocycles. The second-order valence-electron chi connectivity index (χ2n) is 6.15. The highest BCUT2D eigenvalue weighted by Crippen LogP contribution is 2.36. The van der Waals surface area contributed by atoms with Gasteiger partial charge in [-0.3, -0.25) is 9.69 Å². The highest BCUT2D eigenvalue weighted by Gasteiger charge is 2.25. The number of methoxy groups -OCH3 is 1. The van der Waals surface area contributed by atoms with Gasteiger partial charge in [0.2, 0.25) is 0 Å². The third-order valence-electron chi connectivity index (χ3n) is 3.96. The Kier molecular flexibility index (Phi) is 5.06. The topological polar surface area (TPSA) is 60.0 Å². The molecule has 1 N–H and O–H groups in total. The molecule has 0 aliphatic heterocycles. The number of carbonyl (C=O) groups excluding carboxylic acids is 1. The van der Waals surface area contributed by atoms with Crippen molar-refractivity contribution in [3.63, 3.8) is 0 Å². The van der Waals surface area contributed by atoms with E-state index in [0.717, 1.165) is 22.3 Å². The highest BCUT2D eigenvalue weighted by atomic mass is 32.1. The average Bonchev–Trinajstić information content (AvgIpc) is 3.25. The van der Waals surface area contributed by atoms with Crippen molar-refractivity contribution in [3.05, 3.63) is 41.9 Å². The van der Waals surface area contributed by atoms with Gasteiger partial charge in [0.05, 0.1) is 45.3 Å². The molecule has 3 rings (SSSR count). The molecule has 6 nitrogen and oxygen atoms in total. The first-order valence-electron chi connectivity index (χ1n) is 8.09. The second-order valence-corrected chi connectivity index (χ2v) is 7.13. The summed E-state index contributed by atoms with van der Waals surface area (Å²) in [5.41, 5.74) is 1.90. The Morgan fingerprint density at radius 2 is 2.16 bits per heavy atom. The largest absolute Gasteiger partial charge is 0.494 e. The van der Waals surface area contributed by atoms with Crippen LogP contribution in [0.5, 0.6) is 5.75 Å². The van der Waals surface area contributed by atoms with Crippen LogP contribution in [0, 0.1) is 6.92 Å². The predicted octanol–water partition coefficient (Wildman–Crippen LogP) is 2.00. The number of thiazole rings is 1. The summed E-state index contributed by atoms with van der Waals surface area (Å²) in [7, 11) is 5.74. The van der Waals surface area contributed by atoms with E-state index < -0.39 is 0 Å². The fraction of sp³-hybridized carbons (Fsp3) is 0.333. The molecule has 0 radical (unpaired) electrons. The summed E-state index contributed by atoms with van der Waals surface area (Å²) in [6, 6.07) is 7.31. The normalized spacial score (nSPS) is 11.2. The summed E-state index contributed by atoms with van der Waals surface area (Å²) in [6.45, 7) is 3.40. The fourth-order valence-corrected chi connectivity index (χ4v) is 3.61. The quantitative estimate of drug-likeness (QED) is 0.730. The van der Waals surface area contributed by atoms with E-state index in [4.69, 9.17) is 14.1 Å². The molecule has 0 saturated heterocycles. The number of benzene rings is 1. The van der Waals surface area contributed by atoms with E-state index in [2.05, 4.69) is 14.1 Å². The van der Waals surface area contributed by atoms with E-state index in [1.807, 2.05) is 19.1 Å². The number of nitrogens with zero attached hydrogens (tertiary/aromatic N) is 2. The maximum atomic E-state index is 12.9. The molecule has 3 aromatic rings. The molecule has 2 heterocycles. The zero-order valence-electron chi connectivity index (χ0n) is 14.8. The first kappa shape index (κ1) is 17.4. The van der Waals surface area contributed by atoms with E-state index in [-0.39, 0.29) is 5.91 Å². The van der Waals surface area contributed by atoms with E-state index in [1.54, 1.807) is 24.1 Å². The van der Waals surface area contributed by atoms with Gasteiger partial charge >= 0.3 is 0 Å². The number of hydrogen-bond acceptors (Lipinski definition) is 5. The number of aryl methyl sites for hydroxylation is 1. The SMILES string of the molecule is COc1ccc(C)c2sc(N(CC[NH+](C)C)C(=O)c3ccco3)nc12. The number of ether oxygens (including phenoxy) is 1. The van der Waals surface area contributed by atoms with Crippen LogP contribution in [0.25, 0.3) is 10.2 Å². The minimum atomic E-state index is -0.179. The Hall–Kier alpha value is -2.38. The van der Waals surface area contributed by atoms with Crippen LogP contribution in [0.2, 0.25) is 0 Å². The summed E-state index contributed by atoms with van der Waals surface area (Å²) in [5.74, 6) is 0.852. The summed E-state index contributed by atoms with van der Waals surface area (Å²) in [5, 5.41) is 0.658. The molecular weight excluding hydrogens is 338 g/mol. The maximum absolute atomic E-state index is 12.9. The number of carbonyl (C=O) groups is 1. The molecule has 0 aliphatic rings. The third kappa shape index (κ3) is 3.52. The number of amides is 1. The summed E-state index contributed by atoms with van der Waals surface area (Å²) < 4.78 is 11.8. The first-order valence-corrected chi connectivity index (χ1v) is 8.91. The lowest BCUT2D eigenvalue weighted by Gasteiger charge is -2.19. The average molecular weight is 360 g/mol. The van der Waals surface area contributed by atoms with Crippen LogP contribution in [-0.2, 0) is 0 Å². The Balaban J connectivity index is 2.04. The van der Waals surface area contributed by atoms with Gasteiger partial charge < -0.3 is 14.1 Å². The highest BCUT2D eigenvalue weighted by molar-refractivity contribution is 7.22. The smallest absolute Gasteiger partial charge is 0.295 e. The summed E-state index contributed by atoms with van der Waals surface area (Å²) in [4.78, 5) is 20.5. The zero-order valence-corrected chi connectivity index (χ0v) is 15.6. The van der Waals surface area contributed by atoms with Crippen LogP contribution in [0.1, 0.15) is 16.1 Å². The number of quaternary nitrogens is 1. The van der Waals surface area contributed by atoms with Crippen molar-refractivity contribution in [2.24, 2.45) is 0 Å². The molecule has 0 aliphatic carbocycles. The predicted molar refractivity (Wildman–Crippen MR) is 99.0 cm³/mol. The Morgan fingerprint density at radius 3 is 2.80 bits per heavy atom. The molecule has 7 heteroatoms. The van der Waals surface area contributed by atoms with Gasteiger partial charge in [0.15, 0.2) is 10.9 Å². The van der Waals surface area contributed by atoms with Gasteiger partial charge in [0.1, 0.15) is 11.3 Å². The number of rotatable bonds is 6. The van der Waals surface area contributed by atoms with Gasteiger partial charge in [0, 0.05) is 0 Å². The lowest BCUT2D eigenvalue weighted by Crippen LogP contribution is -3.06. The van der Waals surface area contributed by atoms with Crippen LogP contribution in [0.3, 0.4) is 0 Å². The van der Waals surface area contributed by atoms with E-state index in [9.17, 15) is 4.79 Å². The van der Waals surface area contributed by atoms with Crippen molar-refractivity contribution in [2.75, 3.05) is 39.2 Å². The number of nitrogens with one attached hydrogen (secondary N) is 1. The molecule has 2 aromatic heterocycles. The van der Waals surface area contributed by atoms with Crippen LogP contribution in [-0.4, -0.2) is 45.2 Å². The van der Waals surface area contributed by atoms with Crippen molar-refractivity contribution in [1.82, 2.24) is 4.98 Å². The first-order chi connectivity index (χ1) is 12.0. The molecule has 1 amide bonds. The molecule has 132 valence electrons. The lowest BCUT2D eigenvalue weighted by atomic mass is 10.2. The van der Waals surface area contributed by atoms with Gasteiger partial charge in [-0.2, -0.15) is 0 Å². The number of hydrogen-bond donors (Lipinski definition) is 1. The van der Waals surface area contributed by atoms with Crippen LogP contribution in [0.15, 0.2) is 34.9 Å². The number of anilines is 1. The maximum Gasteiger partial charge on any atom is 0.295 e. The van der Waals surface area contributed by atoms with Gasteiger partial charge in [-0.05, 0) is 30.7 Å². The van der Waals surface area contributed by atoms with Crippen molar-refractivity contribution < 1.29 is 18.8 Å².